The van der Waals surface area contributed by atoms with Crippen LogP contribution in [-0.4, -0.2) is 187 Å². The van der Waals surface area contributed by atoms with Crippen LogP contribution in [0.25, 0.3) is 11.1 Å². The van der Waals surface area contributed by atoms with Gasteiger partial charge in [-0.1, -0.05) is 114 Å². The van der Waals surface area contributed by atoms with Gasteiger partial charge in [0.1, 0.15) is 60.4 Å². The van der Waals surface area contributed by atoms with Gasteiger partial charge in [-0.2, -0.15) is 0 Å². The van der Waals surface area contributed by atoms with E-state index in [1.54, 1.807) is 26.0 Å². The molecule has 508 valence electrons. The van der Waals surface area contributed by atoms with Gasteiger partial charge in [0.15, 0.2) is 0 Å². The first-order valence-corrected chi connectivity index (χ1v) is 31.7. The van der Waals surface area contributed by atoms with Crippen LogP contribution in [0.3, 0.4) is 0 Å². The molecule has 1 saturated heterocycles. The van der Waals surface area contributed by atoms with Crippen LogP contribution in [0.5, 0.6) is 0 Å². The first-order valence-electron chi connectivity index (χ1n) is 31.7. The summed E-state index contributed by atoms with van der Waals surface area (Å²) in [4.78, 5) is 155. The summed E-state index contributed by atoms with van der Waals surface area (Å²) in [6, 6.07) is 2.20. The fraction of sp³-hybridized carbons (Fsp3) is 0.629. The molecular weight excluding hydrogens is 1180 g/mol. The van der Waals surface area contributed by atoms with Crippen LogP contribution in [0.15, 0.2) is 54.6 Å². The van der Waals surface area contributed by atoms with Crippen molar-refractivity contribution in [3.63, 3.8) is 0 Å². The van der Waals surface area contributed by atoms with Gasteiger partial charge in [-0.25, -0.2) is 0 Å². The van der Waals surface area contributed by atoms with Crippen LogP contribution in [0, 0.1) is 5.92 Å². The maximum Gasteiger partial charge on any atom is 0.245 e. The number of aliphatic hydroxyl groups is 2. The lowest BCUT2D eigenvalue weighted by Crippen LogP contribution is -2.62. The Balaban J connectivity index is 2.02. The van der Waals surface area contributed by atoms with Crippen molar-refractivity contribution in [2.24, 2.45) is 34.6 Å². The second-order valence-corrected chi connectivity index (χ2v) is 23.4. The first-order chi connectivity index (χ1) is 43.4. The third kappa shape index (κ3) is 27.4. The molecular formula is C62H102N16O13. The van der Waals surface area contributed by atoms with E-state index in [0.29, 0.717) is 18.4 Å². The van der Waals surface area contributed by atoms with E-state index in [1.165, 1.54) is 13.8 Å². The van der Waals surface area contributed by atoms with E-state index >= 15 is 0 Å². The molecule has 23 N–H and O–H groups in total. The average molecular weight is 1280 g/mol. The molecule has 1 heterocycles. The minimum atomic E-state index is -1.73. The number of unbranched alkanes of at least 4 members (excludes halogenated alkanes) is 5. The zero-order valence-electron chi connectivity index (χ0n) is 53.3. The number of benzene rings is 2. The maximum absolute atomic E-state index is 14.6. The Morgan fingerprint density at radius 1 is 0.516 bits per heavy atom. The Morgan fingerprint density at radius 3 is 1.49 bits per heavy atom. The van der Waals surface area contributed by atoms with Gasteiger partial charge in [0.05, 0.1) is 18.6 Å². The third-order valence-electron chi connectivity index (χ3n) is 15.2. The molecule has 0 radical (unpaired) electrons. The highest BCUT2D eigenvalue weighted by atomic mass is 16.3. The quantitative estimate of drug-likeness (QED) is 0.0327. The van der Waals surface area contributed by atoms with Crippen molar-refractivity contribution in [3.05, 3.63) is 60.2 Å². The summed E-state index contributed by atoms with van der Waals surface area (Å²) in [5, 5.41) is 50.0. The molecule has 1 aliphatic heterocycles. The number of carbonyl (C=O) groups excluding carboxylic acids is 11. The molecule has 0 spiro atoms. The lowest BCUT2D eigenvalue weighted by Gasteiger charge is -2.29. The Morgan fingerprint density at radius 2 is 0.989 bits per heavy atom. The van der Waals surface area contributed by atoms with Gasteiger partial charge in [-0.05, 0) is 121 Å². The van der Waals surface area contributed by atoms with Crippen LogP contribution in [0.2, 0.25) is 0 Å². The largest absolute Gasteiger partial charge is 0.391 e. The highest BCUT2D eigenvalue weighted by Crippen LogP contribution is 2.20. The van der Waals surface area contributed by atoms with Crippen molar-refractivity contribution < 1.29 is 63.0 Å². The molecule has 12 unspecified atom stereocenters. The number of amides is 11. The van der Waals surface area contributed by atoms with Gasteiger partial charge in [-0.3, -0.25) is 52.7 Å². The Kier molecular flexibility index (Phi) is 35.5. The van der Waals surface area contributed by atoms with Gasteiger partial charge in [0, 0.05) is 6.54 Å². The van der Waals surface area contributed by atoms with Crippen LogP contribution < -0.4 is 87.2 Å². The number of nitrogens with one attached hydrogen (secondary N) is 11. The summed E-state index contributed by atoms with van der Waals surface area (Å²) in [6.45, 7) is 6.90. The van der Waals surface area contributed by atoms with Crippen LogP contribution in [0.1, 0.15) is 130 Å². The Labute approximate surface area is 533 Å². The Hall–Kier alpha value is -7.67. The minimum Gasteiger partial charge on any atom is -0.391 e. The molecule has 0 aromatic heterocycles. The normalized spacial score (nSPS) is 21.8. The lowest BCUT2D eigenvalue weighted by molar-refractivity contribution is -0.137. The number of hydrogen-bond donors (Lipinski definition) is 18. The fourth-order valence-electron chi connectivity index (χ4n) is 10.1. The highest BCUT2D eigenvalue weighted by molar-refractivity contribution is 5.99. The SMILES string of the molecule is CCCCCCCCC1NC(=O)C(CCN)NC(=O)C(NC(=O)C(CCN)NC(=O)C(NC(=O)C(CCN)NC(=O)Cc2ccc(-c3ccccc3)cc2)C(C)O)CCNC(=O)C(C(C)O)NC(=O)C(CCN)NC(=O)C(CCN)NC(=O)C(CC(C)C)NC1=O. The smallest absolute Gasteiger partial charge is 0.245 e. The Bertz CT molecular complexity index is 2650. The maximum atomic E-state index is 14.6. The molecule has 0 bridgehead atoms. The predicted molar refractivity (Wildman–Crippen MR) is 342 cm³/mol. The van der Waals surface area contributed by atoms with Gasteiger partial charge in [-0.15, -0.1) is 0 Å². The van der Waals surface area contributed by atoms with Gasteiger partial charge < -0.3 is 97.4 Å². The molecule has 1 fully saturated rings. The van der Waals surface area contributed by atoms with Crippen molar-refractivity contribution in [1.29, 1.82) is 0 Å². The monoisotopic (exact) mass is 1280 g/mol. The predicted octanol–water partition coefficient (Wildman–Crippen LogP) is -3.43. The summed E-state index contributed by atoms with van der Waals surface area (Å²) < 4.78 is 0. The first kappa shape index (κ1) is 77.6. The summed E-state index contributed by atoms with van der Waals surface area (Å²) in [5.74, 6) is -9.91. The van der Waals surface area contributed by atoms with E-state index in [9.17, 15) is 63.0 Å². The summed E-state index contributed by atoms with van der Waals surface area (Å²) in [7, 11) is 0. The second kappa shape index (κ2) is 41.7. The van der Waals surface area contributed by atoms with E-state index in [0.717, 1.165) is 36.8 Å². The molecule has 91 heavy (non-hydrogen) atoms. The van der Waals surface area contributed by atoms with Crippen molar-refractivity contribution in [2.45, 2.75) is 204 Å². The molecule has 3 rings (SSSR count). The molecule has 1 aliphatic rings. The van der Waals surface area contributed by atoms with E-state index < -0.39 is 151 Å². The fourth-order valence-corrected chi connectivity index (χ4v) is 10.1. The second-order valence-electron chi connectivity index (χ2n) is 23.4. The highest BCUT2D eigenvalue weighted by Gasteiger charge is 2.37. The topological polar surface area (TPSA) is 491 Å². The van der Waals surface area contributed by atoms with E-state index in [-0.39, 0.29) is 90.0 Å². The van der Waals surface area contributed by atoms with Crippen molar-refractivity contribution >= 4 is 65.0 Å². The lowest BCUT2D eigenvalue weighted by atomic mass is 10.00. The molecule has 29 heteroatoms. The standard InChI is InChI=1S/C62H102N16O13/c1-6-7-8-9-10-14-17-42-53(82)76-49(34-36(2)3)60(89)73-45(24-30-65)55(84)72-47(26-32-67)59(88)77-51(37(4)79)61(90)68-33-27-48(57(86)71-44(23-29-64)54(83)70-42)74-56(85)46(25-31-66)75-62(91)52(38(5)80)78-58(87)43(22-28-63)69-50(81)35-39-18-20-41(21-19-39)40-15-12-11-13-16-40/h11-13,15-16,18-21,36-38,42-49,51-52,79-80H,6-10,14,17,22-35,63-67H2,1-5H3,(H,68,90)(H,69,81)(H,70,83)(H,71,86)(H,72,84)(H,73,89)(H,74,85)(H,75,91)(H,76,82)(H,77,88)(H,78,87). The molecule has 0 aliphatic carbocycles. The number of hydrogen-bond acceptors (Lipinski definition) is 18. The number of rotatable bonds is 31. The van der Waals surface area contributed by atoms with Gasteiger partial charge in [0.2, 0.25) is 65.0 Å². The average Bonchev–Trinajstić information content (AvgIpc) is 2.51. The molecule has 2 aromatic rings. The van der Waals surface area contributed by atoms with E-state index in [1.807, 2.05) is 42.5 Å². The molecule has 0 saturated carbocycles. The van der Waals surface area contributed by atoms with Crippen molar-refractivity contribution in [1.82, 2.24) is 58.5 Å². The summed E-state index contributed by atoms with van der Waals surface area (Å²) in [5.41, 5.74) is 32.1. The van der Waals surface area contributed by atoms with Crippen LogP contribution in [0.4, 0.5) is 0 Å². The zero-order chi connectivity index (χ0) is 67.6. The molecule has 11 amide bonds. The van der Waals surface area contributed by atoms with Crippen molar-refractivity contribution in [3.8, 4) is 11.1 Å². The van der Waals surface area contributed by atoms with Gasteiger partial charge in [0.25, 0.3) is 0 Å². The minimum absolute atomic E-state index is 0.0630. The van der Waals surface area contributed by atoms with Crippen molar-refractivity contribution in [2.75, 3.05) is 39.3 Å². The third-order valence-corrected chi connectivity index (χ3v) is 15.2. The molecule has 2 aromatic carbocycles. The van der Waals surface area contributed by atoms with Crippen LogP contribution in [-0.2, 0) is 59.2 Å². The van der Waals surface area contributed by atoms with Crippen LogP contribution >= 0.6 is 0 Å². The molecule has 12 atom stereocenters. The number of aliphatic hydroxyl groups excluding tert-OH is 2. The zero-order valence-corrected chi connectivity index (χ0v) is 53.3. The summed E-state index contributed by atoms with van der Waals surface area (Å²) in [6.07, 6.45) is 0.508. The van der Waals surface area contributed by atoms with Gasteiger partial charge >= 0.3 is 0 Å². The number of carbonyl (C=O) groups is 11. The number of nitrogens with two attached hydrogens (primary N) is 5. The summed E-state index contributed by atoms with van der Waals surface area (Å²) >= 11 is 0. The van der Waals surface area contributed by atoms with E-state index in [4.69, 9.17) is 28.7 Å². The van der Waals surface area contributed by atoms with E-state index in [2.05, 4.69) is 65.4 Å². The molecule has 29 nitrogen and oxygen atoms in total.